The van der Waals surface area contributed by atoms with Gasteiger partial charge in [-0.25, -0.2) is 9.69 Å². The maximum absolute atomic E-state index is 13.3. The lowest BCUT2D eigenvalue weighted by molar-refractivity contribution is -0.132. The Labute approximate surface area is 176 Å². The average Bonchev–Trinajstić information content (AvgIpc) is 3.33. The summed E-state index contributed by atoms with van der Waals surface area (Å²) in [6.45, 7) is 5.47. The van der Waals surface area contributed by atoms with Crippen LogP contribution in [0.2, 0.25) is 0 Å². The highest BCUT2D eigenvalue weighted by Crippen LogP contribution is 2.32. The SMILES string of the molecule is C[C@@]1(c2ccc3c(c2)CCC3)NC(=O)N(CN2CCN(c3ccncc3)CC2)C1=O. The molecule has 7 heteroatoms. The maximum Gasteiger partial charge on any atom is 0.326 e. The first-order valence-electron chi connectivity index (χ1n) is 10.7. The van der Waals surface area contributed by atoms with Crippen LogP contribution in [0.3, 0.4) is 0 Å². The molecule has 1 aromatic carbocycles. The number of pyridine rings is 1. The molecule has 156 valence electrons. The van der Waals surface area contributed by atoms with Gasteiger partial charge in [0.15, 0.2) is 0 Å². The lowest BCUT2D eigenvalue weighted by Gasteiger charge is -2.37. The van der Waals surface area contributed by atoms with E-state index in [0.29, 0.717) is 6.67 Å². The van der Waals surface area contributed by atoms with Crippen molar-refractivity contribution < 1.29 is 9.59 Å². The second-order valence-corrected chi connectivity index (χ2v) is 8.58. The number of carbonyl (C=O) groups excluding carboxylic acids is 2. The Morgan fingerprint density at radius 2 is 1.73 bits per heavy atom. The highest BCUT2D eigenvalue weighted by molar-refractivity contribution is 6.07. The molecule has 1 atom stereocenters. The third kappa shape index (κ3) is 3.23. The van der Waals surface area contributed by atoms with Crippen LogP contribution in [0.15, 0.2) is 42.7 Å². The van der Waals surface area contributed by atoms with E-state index in [1.54, 1.807) is 12.4 Å². The summed E-state index contributed by atoms with van der Waals surface area (Å²) in [5, 5.41) is 2.96. The molecular weight excluding hydrogens is 378 g/mol. The Morgan fingerprint density at radius 3 is 2.50 bits per heavy atom. The monoisotopic (exact) mass is 405 g/mol. The number of piperazine rings is 1. The van der Waals surface area contributed by atoms with Gasteiger partial charge in [0.05, 0.1) is 6.67 Å². The van der Waals surface area contributed by atoms with Gasteiger partial charge < -0.3 is 10.2 Å². The van der Waals surface area contributed by atoms with E-state index in [2.05, 4.69) is 32.2 Å². The van der Waals surface area contributed by atoms with E-state index in [4.69, 9.17) is 0 Å². The van der Waals surface area contributed by atoms with Gasteiger partial charge in [-0.05, 0) is 55.0 Å². The summed E-state index contributed by atoms with van der Waals surface area (Å²) in [5.41, 5.74) is 3.72. The van der Waals surface area contributed by atoms with Crippen LogP contribution in [-0.2, 0) is 23.2 Å². The van der Waals surface area contributed by atoms with E-state index < -0.39 is 5.54 Å². The molecule has 0 saturated carbocycles. The molecule has 7 nitrogen and oxygen atoms in total. The largest absolute Gasteiger partial charge is 0.369 e. The van der Waals surface area contributed by atoms with Crippen molar-refractivity contribution in [3.63, 3.8) is 0 Å². The van der Waals surface area contributed by atoms with Gasteiger partial charge >= 0.3 is 6.03 Å². The number of urea groups is 1. The minimum absolute atomic E-state index is 0.165. The number of nitrogens with zero attached hydrogens (tertiary/aromatic N) is 4. The maximum atomic E-state index is 13.3. The number of amides is 3. The first-order chi connectivity index (χ1) is 14.5. The predicted molar refractivity (Wildman–Crippen MR) is 114 cm³/mol. The summed E-state index contributed by atoms with van der Waals surface area (Å²) in [6, 6.07) is 9.93. The quantitative estimate of drug-likeness (QED) is 0.789. The molecule has 30 heavy (non-hydrogen) atoms. The second kappa shape index (κ2) is 7.40. The molecular formula is C23H27N5O2. The van der Waals surface area contributed by atoms with E-state index in [9.17, 15) is 9.59 Å². The predicted octanol–water partition coefficient (Wildman–Crippen LogP) is 2.12. The zero-order valence-electron chi connectivity index (χ0n) is 17.3. The van der Waals surface area contributed by atoms with Crippen LogP contribution < -0.4 is 10.2 Å². The summed E-state index contributed by atoms with van der Waals surface area (Å²) >= 11 is 0. The number of benzene rings is 1. The van der Waals surface area contributed by atoms with Crippen LogP contribution in [0, 0.1) is 0 Å². The molecule has 1 aromatic heterocycles. The van der Waals surface area contributed by atoms with Crippen molar-refractivity contribution in [1.82, 2.24) is 20.1 Å². The first kappa shape index (κ1) is 19.1. The van der Waals surface area contributed by atoms with E-state index in [-0.39, 0.29) is 11.9 Å². The van der Waals surface area contributed by atoms with E-state index in [1.165, 1.54) is 16.0 Å². The number of hydrogen-bond acceptors (Lipinski definition) is 5. The molecule has 5 rings (SSSR count). The molecule has 3 heterocycles. The van der Waals surface area contributed by atoms with Crippen molar-refractivity contribution >= 4 is 17.6 Å². The molecule has 2 aromatic rings. The van der Waals surface area contributed by atoms with Gasteiger partial charge in [0.25, 0.3) is 5.91 Å². The highest BCUT2D eigenvalue weighted by Gasteiger charge is 2.49. The number of carbonyl (C=O) groups is 2. The number of rotatable bonds is 4. The number of aryl methyl sites for hydroxylation is 2. The number of hydrogen-bond donors (Lipinski definition) is 1. The van der Waals surface area contributed by atoms with Gasteiger partial charge in [-0.1, -0.05) is 18.2 Å². The molecule has 0 bridgehead atoms. The van der Waals surface area contributed by atoms with Crippen LogP contribution in [0.25, 0.3) is 0 Å². The second-order valence-electron chi connectivity index (χ2n) is 8.58. The van der Waals surface area contributed by atoms with Gasteiger partial charge in [-0.15, -0.1) is 0 Å². The number of fused-ring (bicyclic) bond motifs is 1. The van der Waals surface area contributed by atoms with E-state index in [1.807, 2.05) is 25.1 Å². The van der Waals surface area contributed by atoms with Gasteiger partial charge in [0.1, 0.15) is 5.54 Å². The normalized spacial score (nSPS) is 24.3. The van der Waals surface area contributed by atoms with Gasteiger partial charge in [0, 0.05) is 44.3 Å². The molecule has 2 saturated heterocycles. The topological polar surface area (TPSA) is 68.8 Å². The molecule has 2 aliphatic heterocycles. The van der Waals surface area contributed by atoms with Gasteiger partial charge in [-0.2, -0.15) is 0 Å². The van der Waals surface area contributed by atoms with Crippen LogP contribution in [0.5, 0.6) is 0 Å². The Kier molecular flexibility index (Phi) is 4.70. The van der Waals surface area contributed by atoms with Gasteiger partial charge in [-0.3, -0.25) is 14.7 Å². The third-order valence-electron chi connectivity index (χ3n) is 6.69. The van der Waals surface area contributed by atoms with Crippen molar-refractivity contribution in [2.24, 2.45) is 0 Å². The van der Waals surface area contributed by atoms with Crippen molar-refractivity contribution in [1.29, 1.82) is 0 Å². The lowest BCUT2D eigenvalue weighted by atomic mass is 9.90. The van der Waals surface area contributed by atoms with Crippen molar-refractivity contribution in [2.75, 3.05) is 37.7 Å². The molecule has 2 fully saturated rings. The number of anilines is 1. The Bertz CT molecular complexity index is 971. The summed E-state index contributed by atoms with van der Waals surface area (Å²) in [7, 11) is 0. The Balaban J connectivity index is 1.26. The number of imide groups is 1. The molecule has 1 N–H and O–H groups in total. The average molecular weight is 406 g/mol. The Hall–Kier alpha value is -2.93. The fourth-order valence-corrected chi connectivity index (χ4v) is 4.81. The number of aromatic nitrogens is 1. The summed E-state index contributed by atoms with van der Waals surface area (Å²) in [6.07, 6.45) is 6.91. The minimum atomic E-state index is -0.992. The third-order valence-corrected chi connectivity index (χ3v) is 6.69. The fourth-order valence-electron chi connectivity index (χ4n) is 4.81. The molecule has 1 aliphatic carbocycles. The molecule has 0 spiro atoms. The van der Waals surface area contributed by atoms with Crippen molar-refractivity contribution in [2.45, 2.75) is 31.7 Å². The lowest BCUT2D eigenvalue weighted by Crippen LogP contribution is -2.51. The zero-order chi connectivity index (χ0) is 20.7. The minimum Gasteiger partial charge on any atom is -0.369 e. The van der Waals surface area contributed by atoms with Crippen LogP contribution >= 0.6 is 0 Å². The van der Waals surface area contributed by atoms with E-state index in [0.717, 1.165) is 56.7 Å². The standard InChI is InChI=1S/C23H27N5O2/c1-23(19-6-5-17-3-2-4-18(17)15-19)21(29)28(22(30)25-23)16-26-11-13-27(14-12-26)20-7-9-24-10-8-20/h5-10,15H,2-4,11-14,16H2,1H3,(H,25,30)/t23-/m0/s1. The molecule has 0 radical (unpaired) electrons. The van der Waals surface area contributed by atoms with Crippen LogP contribution in [-0.4, -0.2) is 59.6 Å². The van der Waals surface area contributed by atoms with Crippen molar-refractivity contribution in [3.8, 4) is 0 Å². The molecule has 3 amide bonds. The van der Waals surface area contributed by atoms with Gasteiger partial charge in [0.2, 0.25) is 0 Å². The van der Waals surface area contributed by atoms with Crippen LogP contribution in [0.4, 0.5) is 10.5 Å². The molecule has 0 unspecified atom stereocenters. The zero-order valence-corrected chi connectivity index (χ0v) is 17.3. The smallest absolute Gasteiger partial charge is 0.326 e. The van der Waals surface area contributed by atoms with E-state index >= 15 is 0 Å². The Morgan fingerprint density at radius 1 is 1.00 bits per heavy atom. The summed E-state index contributed by atoms with van der Waals surface area (Å²) in [4.78, 5) is 35.9. The van der Waals surface area contributed by atoms with Crippen LogP contribution in [0.1, 0.15) is 30.0 Å². The summed E-state index contributed by atoms with van der Waals surface area (Å²) < 4.78 is 0. The fraction of sp³-hybridized carbons (Fsp3) is 0.435. The molecule has 3 aliphatic rings. The number of nitrogens with one attached hydrogen (secondary N) is 1. The first-order valence-corrected chi connectivity index (χ1v) is 10.7. The van der Waals surface area contributed by atoms with Crippen molar-refractivity contribution in [3.05, 3.63) is 59.4 Å². The summed E-state index contributed by atoms with van der Waals surface area (Å²) in [5.74, 6) is -0.165. The highest BCUT2D eigenvalue weighted by atomic mass is 16.2.